The minimum atomic E-state index is -4.34. The Morgan fingerprint density at radius 1 is 1.43 bits per heavy atom. The summed E-state index contributed by atoms with van der Waals surface area (Å²) in [4.78, 5) is 5.15. The van der Waals surface area contributed by atoms with Crippen LogP contribution in [0, 0.1) is 0 Å². The number of alkyl halides is 3. The zero-order valence-electron chi connectivity index (χ0n) is 12.3. The van der Waals surface area contributed by atoms with Gasteiger partial charge >= 0.3 is 6.18 Å². The van der Waals surface area contributed by atoms with Crippen molar-refractivity contribution in [2.24, 2.45) is 0 Å². The molecule has 21 heavy (non-hydrogen) atoms. The molecule has 120 valence electrons. The maximum atomic E-state index is 12.7. The summed E-state index contributed by atoms with van der Waals surface area (Å²) >= 11 is 0. The third kappa shape index (κ3) is 5.89. The number of aliphatic hydroxyl groups is 1. The van der Waals surface area contributed by atoms with Gasteiger partial charge in [-0.1, -0.05) is 13.0 Å². The van der Waals surface area contributed by atoms with Crippen LogP contribution in [0.2, 0.25) is 0 Å². The topological polar surface area (TPSA) is 48.4 Å². The summed E-state index contributed by atoms with van der Waals surface area (Å²) in [5.74, 6) is 0.264. The van der Waals surface area contributed by atoms with Crippen LogP contribution in [-0.2, 0) is 0 Å². The first-order valence-electron chi connectivity index (χ1n) is 7.00. The van der Waals surface area contributed by atoms with Crippen LogP contribution in [0.5, 0.6) is 0 Å². The molecule has 1 aromatic heterocycles. The van der Waals surface area contributed by atoms with E-state index in [0.717, 1.165) is 17.9 Å². The molecular formula is C14H22F3N3O. The predicted molar refractivity (Wildman–Crippen MR) is 76.3 cm³/mol. The molecule has 4 nitrogen and oxygen atoms in total. The molecule has 0 spiro atoms. The van der Waals surface area contributed by atoms with E-state index in [2.05, 4.69) is 10.3 Å². The Balaban J connectivity index is 3.01. The summed E-state index contributed by atoms with van der Waals surface area (Å²) < 4.78 is 38.1. The van der Waals surface area contributed by atoms with Crippen LogP contribution in [0.4, 0.5) is 19.0 Å². The molecule has 0 aliphatic heterocycles. The second-order valence-corrected chi connectivity index (χ2v) is 4.85. The van der Waals surface area contributed by atoms with Crippen LogP contribution in [0.3, 0.4) is 0 Å². The maximum Gasteiger partial charge on any atom is 0.405 e. The van der Waals surface area contributed by atoms with E-state index < -0.39 is 12.7 Å². The Kier molecular flexibility index (Phi) is 6.91. The molecule has 1 unspecified atom stereocenters. The van der Waals surface area contributed by atoms with Gasteiger partial charge in [0.2, 0.25) is 0 Å². The van der Waals surface area contributed by atoms with E-state index >= 15 is 0 Å². The van der Waals surface area contributed by atoms with Crippen LogP contribution < -0.4 is 10.2 Å². The lowest BCUT2D eigenvalue weighted by Gasteiger charge is -2.28. The molecule has 0 amide bonds. The minimum Gasteiger partial charge on any atom is -0.395 e. The summed E-state index contributed by atoms with van der Waals surface area (Å²) in [7, 11) is 0. The molecule has 0 saturated carbocycles. The lowest BCUT2D eigenvalue weighted by atomic mass is 10.1. The first-order valence-corrected chi connectivity index (χ1v) is 7.00. The highest BCUT2D eigenvalue weighted by molar-refractivity contribution is 5.48. The molecule has 0 bridgehead atoms. The van der Waals surface area contributed by atoms with Crippen LogP contribution in [0.15, 0.2) is 18.3 Å². The SMILES string of the molecule is CCCNC(C)c1cccnc1N(CCO)CC(F)(F)F. The molecule has 0 aliphatic carbocycles. The Morgan fingerprint density at radius 2 is 2.14 bits per heavy atom. The zero-order valence-corrected chi connectivity index (χ0v) is 12.3. The average molecular weight is 305 g/mol. The molecule has 0 aliphatic rings. The fourth-order valence-corrected chi connectivity index (χ4v) is 2.08. The fraction of sp³-hybridized carbons (Fsp3) is 0.643. The number of anilines is 1. The summed E-state index contributed by atoms with van der Waals surface area (Å²) in [6.45, 7) is 3.09. The van der Waals surface area contributed by atoms with E-state index in [1.807, 2.05) is 13.8 Å². The molecule has 0 radical (unpaired) electrons. The standard InChI is InChI=1S/C14H22F3N3O/c1-3-6-18-11(2)12-5-4-7-19-13(12)20(8-9-21)10-14(15,16)17/h4-5,7,11,18,21H,3,6,8-10H2,1-2H3. The Hall–Kier alpha value is -1.34. The van der Waals surface area contributed by atoms with Crippen LogP contribution in [-0.4, -0.2) is 42.5 Å². The van der Waals surface area contributed by atoms with E-state index in [4.69, 9.17) is 5.11 Å². The lowest BCUT2D eigenvalue weighted by molar-refractivity contribution is -0.120. The van der Waals surface area contributed by atoms with Crippen molar-refractivity contribution >= 4 is 5.82 Å². The first-order chi connectivity index (χ1) is 9.89. The Bertz CT molecular complexity index is 426. The van der Waals surface area contributed by atoms with Gasteiger partial charge in [-0.25, -0.2) is 4.98 Å². The Morgan fingerprint density at radius 3 is 2.71 bits per heavy atom. The van der Waals surface area contributed by atoms with Gasteiger partial charge in [0.15, 0.2) is 0 Å². The lowest BCUT2D eigenvalue weighted by Crippen LogP contribution is -2.38. The monoisotopic (exact) mass is 305 g/mol. The van der Waals surface area contributed by atoms with E-state index in [0.29, 0.717) is 5.56 Å². The zero-order chi connectivity index (χ0) is 15.9. The van der Waals surface area contributed by atoms with Gasteiger partial charge in [0.05, 0.1) is 6.61 Å². The van der Waals surface area contributed by atoms with Crippen molar-refractivity contribution in [3.05, 3.63) is 23.9 Å². The van der Waals surface area contributed by atoms with E-state index in [-0.39, 0.29) is 25.0 Å². The highest BCUT2D eigenvalue weighted by atomic mass is 19.4. The summed E-state index contributed by atoms with van der Waals surface area (Å²) in [5.41, 5.74) is 0.698. The van der Waals surface area contributed by atoms with Crippen molar-refractivity contribution in [1.29, 1.82) is 0 Å². The van der Waals surface area contributed by atoms with Crippen molar-refractivity contribution in [1.82, 2.24) is 10.3 Å². The van der Waals surface area contributed by atoms with Crippen LogP contribution >= 0.6 is 0 Å². The van der Waals surface area contributed by atoms with Gasteiger partial charge in [0, 0.05) is 24.3 Å². The van der Waals surface area contributed by atoms with E-state index in [1.165, 1.54) is 6.20 Å². The molecule has 7 heteroatoms. The highest BCUT2D eigenvalue weighted by Gasteiger charge is 2.32. The molecule has 1 atom stereocenters. The second kappa shape index (κ2) is 8.19. The van der Waals surface area contributed by atoms with Gasteiger partial charge in [0.1, 0.15) is 12.4 Å². The number of hydrogen-bond donors (Lipinski definition) is 2. The number of aromatic nitrogens is 1. The highest BCUT2D eigenvalue weighted by Crippen LogP contribution is 2.27. The van der Waals surface area contributed by atoms with Crippen molar-refractivity contribution in [2.45, 2.75) is 32.5 Å². The first kappa shape index (κ1) is 17.7. The quantitative estimate of drug-likeness (QED) is 0.775. The minimum absolute atomic E-state index is 0.107. The van der Waals surface area contributed by atoms with Crippen LogP contribution in [0.25, 0.3) is 0 Å². The molecule has 0 aromatic carbocycles. The fourth-order valence-electron chi connectivity index (χ4n) is 2.08. The van der Waals surface area contributed by atoms with Gasteiger partial charge in [-0.15, -0.1) is 0 Å². The number of hydrogen-bond acceptors (Lipinski definition) is 4. The number of halogens is 3. The van der Waals surface area contributed by atoms with Gasteiger partial charge in [0.25, 0.3) is 0 Å². The van der Waals surface area contributed by atoms with Crippen molar-refractivity contribution in [3.8, 4) is 0 Å². The summed E-state index contributed by atoms with van der Waals surface area (Å²) in [5, 5.41) is 12.3. The largest absolute Gasteiger partial charge is 0.405 e. The van der Waals surface area contributed by atoms with Crippen molar-refractivity contribution in [3.63, 3.8) is 0 Å². The molecule has 0 fully saturated rings. The molecular weight excluding hydrogens is 283 g/mol. The third-order valence-electron chi connectivity index (χ3n) is 3.02. The summed E-state index contributed by atoms with van der Waals surface area (Å²) in [6, 6.07) is 3.35. The third-order valence-corrected chi connectivity index (χ3v) is 3.02. The molecule has 1 aromatic rings. The molecule has 1 heterocycles. The van der Waals surface area contributed by atoms with Crippen molar-refractivity contribution < 1.29 is 18.3 Å². The number of pyridine rings is 1. The summed E-state index contributed by atoms with van der Waals surface area (Å²) in [6.07, 6.45) is -1.95. The number of nitrogens with zero attached hydrogens (tertiary/aromatic N) is 2. The maximum absolute atomic E-state index is 12.7. The van der Waals surface area contributed by atoms with Gasteiger partial charge < -0.3 is 15.3 Å². The second-order valence-electron chi connectivity index (χ2n) is 4.85. The number of rotatable bonds is 8. The normalized spacial score (nSPS) is 13.2. The van der Waals surface area contributed by atoms with Crippen molar-refractivity contribution in [2.75, 3.05) is 31.1 Å². The van der Waals surface area contributed by atoms with Gasteiger partial charge in [-0.3, -0.25) is 0 Å². The van der Waals surface area contributed by atoms with Crippen LogP contribution in [0.1, 0.15) is 31.9 Å². The predicted octanol–water partition coefficient (Wildman–Crippen LogP) is 2.50. The molecule has 0 saturated heterocycles. The molecule has 2 N–H and O–H groups in total. The van der Waals surface area contributed by atoms with Gasteiger partial charge in [-0.2, -0.15) is 13.2 Å². The number of aliphatic hydroxyl groups excluding tert-OH is 1. The van der Waals surface area contributed by atoms with E-state index in [1.54, 1.807) is 12.1 Å². The van der Waals surface area contributed by atoms with E-state index in [9.17, 15) is 13.2 Å². The van der Waals surface area contributed by atoms with Gasteiger partial charge in [-0.05, 0) is 26.0 Å². The smallest absolute Gasteiger partial charge is 0.395 e. The Labute approximate surface area is 123 Å². The average Bonchev–Trinajstić information content (AvgIpc) is 2.43. The molecule has 1 rings (SSSR count). The number of nitrogens with one attached hydrogen (secondary N) is 1.